The first-order chi connectivity index (χ1) is 12.9. The molecule has 2 fully saturated rings. The lowest BCUT2D eigenvalue weighted by Crippen LogP contribution is -2.48. The number of carbonyl (C=O) groups is 3. The third-order valence-electron chi connectivity index (χ3n) is 5.85. The molecule has 1 aromatic rings. The Kier molecular flexibility index (Phi) is 5.98. The highest BCUT2D eigenvalue weighted by atomic mass is 16.6. The van der Waals surface area contributed by atoms with Gasteiger partial charge in [-0.15, -0.1) is 0 Å². The van der Waals surface area contributed by atoms with Crippen molar-refractivity contribution >= 4 is 17.7 Å². The molecule has 2 aliphatic rings. The predicted octanol–water partition coefficient (Wildman–Crippen LogP) is 3.94. The highest BCUT2D eigenvalue weighted by Crippen LogP contribution is 2.44. The number of rotatable bonds is 6. The van der Waals surface area contributed by atoms with E-state index < -0.39 is 5.60 Å². The second-order valence-electron chi connectivity index (χ2n) is 7.80. The molecular formula is C22H28O5. The van der Waals surface area contributed by atoms with Crippen LogP contribution in [0.5, 0.6) is 5.75 Å². The van der Waals surface area contributed by atoms with Gasteiger partial charge in [0.25, 0.3) is 0 Å². The number of Topliss-reactive ketones (excluding diaryl/α,β-unsaturated/α-hetero) is 1. The summed E-state index contributed by atoms with van der Waals surface area (Å²) in [6.45, 7) is 3.42. The van der Waals surface area contributed by atoms with Crippen LogP contribution in [-0.4, -0.2) is 23.3 Å². The Morgan fingerprint density at radius 1 is 1.26 bits per heavy atom. The van der Waals surface area contributed by atoms with Crippen LogP contribution in [0.1, 0.15) is 69.9 Å². The molecule has 27 heavy (non-hydrogen) atoms. The average Bonchev–Trinajstić information content (AvgIpc) is 3.15. The van der Waals surface area contributed by atoms with Crippen LogP contribution in [0.3, 0.4) is 0 Å². The Morgan fingerprint density at radius 2 is 2.00 bits per heavy atom. The van der Waals surface area contributed by atoms with E-state index in [1.807, 2.05) is 25.1 Å². The van der Waals surface area contributed by atoms with Gasteiger partial charge in [0, 0.05) is 13.3 Å². The van der Waals surface area contributed by atoms with Crippen molar-refractivity contribution in [2.24, 2.45) is 5.92 Å². The highest BCUT2D eigenvalue weighted by molar-refractivity contribution is 5.98. The van der Waals surface area contributed by atoms with E-state index in [9.17, 15) is 14.4 Å². The third-order valence-corrected chi connectivity index (χ3v) is 5.85. The Bertz CT molecular complexity index is 714. The second kappa shape index (κ2) is 8.24. The van der Waals surface area contributed by atoms with Gasteiger partial charge in [0.1, 0.15) is 23.6 Å². The number of hydrogen-bond donors (Lipinski definition) is 0. The van der Waals surface area contributed by atoms with Crippen molar-refractivity contribution in [2.45, 2.75) is 77.2 Å². The van der Waals surface area contributed by atoms with Gasteiger partial charge in [0.05, 0.1) is 0 Å². The van der Waals surface area contributed by atoms with E-state index in [1.54, 1.807) is 0 Å². The second-order valence-corrected chi connectivity index (χ2v) is 7.80. The van der Waals surface area contributed by atoms with E-state index >= 15 is 0 Å². The minimum absolute atomic E-state index is 0.00222. The lowest BCUT2D eigenvalue weighted by molar-refractivity contribution is -0.178. The lowest BCUT2D eigenvalue weighted by atomic mass is 9.76. The van der Waals surface area contributed by atoms with Crippen LogP contribution in [0.25, 0.3) is 0 Å². The van der Waals surface area contributed by atoms with Crippen molar-refractivity contribution in [2.75, 3.05) is 0 Å². The van der Waals surface area contributed by atoms with E-state index in [4.69, 9.17) is 9.47 Å². The Hall–Kier alpha value is -2.17. The summed E-state index contributed by atoms with van der Waals surface area (Å²) >= 11 is 0. The number of ketones is 1. The van der Waals surface area contributed by atoms with Gasteiger partial charge in [-0.3, -0.25) is 14.4 Å². The SMILES string of the molecule is CCc1cc(CCC2(C3CCCC3)CC(=O)CC(=O)O2)ccc1OC(C)=O. The summed E-state index contributed by atoms with van der Waals surface area (Å²) < 4.78 is 11.1. The van der Waals surface area contributed by atoms with Crippen LogP contribution in [0.15, 0.2) is 18.2 Å². The van der Waals surface area contributed by atoms with E-state index in [0.717, 1.165) is 49.7 Å². The fraction of sp³-hybridized carbons (Fsp3) is 0.591. The molecule has 1 heterocycles. The molecular weight excluding hydrogens is 344 g/mol. The van der Waals surface area contributed by atoms with Crippen LogP contribution in [0.4, 0.5) is 0 Å². The van der Waals surface area contributed by atoms with Gasteiger partial charge in [0.2, 0.25) is 0 Å². The first-order valence-corrected chi connectivity index (χ1v) is 9.95. The monoisotopic (exact) mass is 372 g/mol. The predicted molar refractivity (Wildman–Crippen MR) is 100 cm³/mol. The van der Waals surface area contributed by atoms with E-state index in [1.165, 1.54) is 6.92 Å². The maximum atomic E-state index is 12.2. The summed E-state index contributed by atoms with van der Waals surface area (Å²) in [4.78, 5) is 35.4. The summed E-state index contributed by atoms with van der Waals surface area (Å²) in [6, 6.07) is 5.83. The van der Waals surface area contributed by atoms with Crippen LogP contribution in [0.2, 0.25) is 0 Å². The minimum atomic E-state index is -0.649. The number of cyclic esters (lactones) is 1. The molecule has 0 amide bonds. The molecule has 1 aliphatic heterocycles. The molecule has 1 aliphatic carbocycles. The van der Waals surface area contributed by atoms with Crippen molar-refractivity contribution in [3.63, 3.8) is 0 Å². The summed E-state index contributed by atoms with van der Waals surface area (Å²) in [5.41, 5.74) is 1.44. The maximum Gasteiger partial charge on any atom is 0.313 e. The van der Waals surface area contributed by atoms with E-state index in [-0.39, 0.29) is 30.1 Å². The first-order valence-electron chi connectivity index (χ1n) is 9.95. The van der Waals surface area contributed by atoms with E-state index in [2.05, 4.69) is 0 Å². The van der Waals surface area contributed by atoms with Crippen molar-refractivity contribution < 1.29 is 23.9 Å². The van der Waals surface area contributed by atoms with Gasteiger partial charge in [-0.25, -0.2) is 0 Å². The Balaban J connectivity index is 1.78. The molecule has 5 heteroatoms. The molecule has 0 N–H and O–H groups in total. The Morgan fingerprint density at radius 3 is 2.63 bits per heavy atom. The molecule has 3 rings (SSSR count). The number of hydrogen-bond acceptors (Lipinski definition) is 5. The molecule has 1 unspecified atom stereocenters. The molecule has 1 saturated heterocycles. The fourth-order valence-electron chi connectivity index (χ4n) is 4.55. The Labute approximate surface area is 160 Å². The van der Waals surface area contributed by atoms with Gasteiger partial charge in [-0.05, 0) is 55.2 Å². The highest BCUT2D eigenvalue weighted by Gasteiger charge is 2.47. The standard InChI is InChI=1S/C22H28O5/c1-3-17-12-16(8-9-20(17)26-15(2)23)10-11-22(18-6-4-5-7-18)14-19(24)13-21(25)27-22/h8-9,12,18H,3-7,10-11,13-14H2,1-2H3. The van der Waals surface area contributed by atoms with Crippen molar-refractivity contribution in [1.29, 1.82) is 0 Å². The molecule has 1 aromatic carbocycles. The van der Waals surface area contributed by atoms with Gasteiger partial charge < -0.3 is 9.47 Å². The normalized spacial score (nSPS) is 23.3. The molecule has 0 spiro atoms. The quantitative estimate of drug-likeness (QED) is 0.430. The summed E-state index contributed by atoms with van der Waals surface area (Å²) in [7, 11) is 0. The van der Waals surface area contributed by atoms with Gasteiger partial charge in [0.15, 0.2) is 0 Å². The molecule has 0 radical (unpaired) electrons. The summed E-state index contributed by atoms with van der Waals surface area (Å²) in [5, 5.41) is 0. The zero-order chi connectivity index (χ0) is 19.4. The van der Waals surface area contributed by atoms with Crippen molar-refractivity contribution in [1.82, 2.24) is 0 Å². The number of benzene rings is 1. The maximum absolute atomic E-state index is 12.2. The third kappa shape index (κ3) is 4.57. The number of carbonyl (C=O) groups excluding carboxylic acids is 3. The summed E-state index contributed by atoms with van der Waals surface area (Å²) in [6.07, 6.45) is 6.71. The molecule has 146 valence electrons. The van der Waals surface area contributed by atoms with Gasteiger partial charge >= 0.3 is 11.9 Å². The number of esters is 2. The average molecular weight is 372 g/mol. The van der Waals surface area contributed by atoms with Crippen LogP contribution in [0, 0.1) is 5.92 Å². The topological polar surface area (TPSA) is 69.7 Å². The van der Waals surface area contributed by atoms with Gasteiger partial charge in [-0.1, -0.05) is 31.9 Å². The molecule has 1 saturated carbocycles. The van der Waals surface area contributed by atoms with Crippen LogP contribution in [-0.2, 0) is 32.0 Å². The van der Waals surface area contributed by atoms with Crippen molar-refractivity contribution in [3.8, 4) is 5.75 Å². The molecule has 0 aromatic heterocycles. The fourth-order valence-corrected chi connectivity index (χ4v) is 4.55. The zero-order valence-corrected chi connectivity index (χ0v) is 16.2. The molecule has 1 atom stereocenters. The van der Waals surface area contributed by atoms with Crippen molar-refractivity contribution in [3.05, 3.63) is 29.3 Å². The smallest absolute Gasteiger partial charge is 0.313 e. The minimum Gasteiger partial charge on any atom is -0.458 e. The van der Waals surface area contributed by atoms with Gasteiger partial charge in [-0.2, -0.15) is 0 Å². The summed E-state index contributed by atoms with van der Waals surface area (Å²) in [5.74, 6) is 0.163. The van der Waals surface area contributed by atoms with Crippen LogP contribution < -0.4 is 4.74 Å². The first kappa shape index (κ1) is 19.6. The largest absolute Gasteiger partial charge is 0.458 e. The van der Waals surface area contributed by atoms with Crippen LogP contribution >= 0.6 is 0 Å². The molecule has 0 bridgehead atoms. The zero-order valence-electron chi connectivity index (χ0n) is 16.2. The van der Waals surface area contributed by atoms with E-state index in [0.29, 0.717) is 18.6 Å². The molecule has 5 nitrogen and oxygen atoms in total. The number of ether oxygens (including phenoxy) is 2. The number of aryl methyl sites for hydroxylation is 2. The lowest BCUT2D eigenvalue weighted by Gasteiger charge is -2.41.